The maximum absolute atomic E-state index is 12.2. The molecule has 2 aromatic rings. The summed E-state index contributed by atoms with van der Waals surface area (Å²) in [5, 5.41) is 2.80. The lowest BCUT2D eigenvalue weighted by Crippen LogP contribution is -2.40. The molecule has 1 N–H and O–H groups in total. The van der Waals surface area contributed by atoms with Crippen molar-refractivity contribution in [3.63, 3.8) is 0 Å². The molecule has 7 heteroatoms. The Morgan fingerprint density at radius 1 is 1.12 bits per heavy atom. The Kier molecular flexibility index (Phi) is 7.53. The van der Waals surface area contributed by atoms with Gasteiger partial charge < -0.3 is 5.32 Å². The van der Waals surface area contributed by atoms with Crippen LogP contribution in [0.4, 0.5) is 5.69 Å². The van der Waals surface area contributed by atoms with Gasteiger partial charge in [0.25, 0.3) is 0 Å². The number of rotatable bonds is 9. The van der Waals surface area contributed by atoms with E-state index in [0.717, 1.165) is 28.3 Å². The van der Waals surface area contributed by atoms with E-state index in [4.69, 9.17) is 0 Å². The third kappa shape index (κ3) is 6.38. The largest absolute Gasteiger partial charge is 0.355 e. The lowest BCUT2D eigenvalue weighted by molar-refractivity contribution is -0.119. The molecule has 0 fully saturated rings. The summed E-state index contributed by atoms with van der Waals surface area (Å²) < 4.78 is 25.4. The van der Waals surface area contributed by atoms with Gasteiger partial charge in [-0.1, -0.05) is 36.4 Å². The molecule has 26 heavy (non-hydrogen) atoms. The van der Waals surface area contributed by atoms with Gasteiger partial charge in [0.1, 0.15) is 6.54 Å². The number of sulfonamides is 1. The Hall–Kier alpha value is -1.99. The van der Waals surface area contributed by atoms with Crippen LogP contribution in [-0.4, -0.2) is 39.9 Å². The summed E-state index contributed by atoms with van der Waals surface area (Å²) in [6.45, 7) is 0.290. The predicted molar refractivity (Wildman–Crippen MR) is 108 cm³/mol. The Labute approximate surface area is 159 Å². The summed E-state index contributed by atoms with van der Waals surface area (Å²) in [7, 11) is -3.55. The first kappa shape index (κ1) is 20.3. The van der Waals surface area contributed by atoms with Crippen molar-refractivity contribution in [3.8, 4) is 0 Å². The van der Waals surface area contributed by atoms with Crippen molar-refractivity contribution in [2.45, 2.75) is 17.7 Å². The zero-order chi connectivity index (χ0) is 19.0. The van der Waals surface area contributed by atoms with Crippen LogP contribution in [0.5, 0.6) is 0 Å². The molecule has 0 saturated carbocycles. The number of hydrogen-bond donors (Lipinski definition) is 1. The van der Waals surface area contributed by atoms with Crippen molar-refractivity contribution < 1.29 is 13.2 Å². The molecule has 0 atom stereocenters. The van der Waals surface area contributed by atoms with Crippen molar-refractivity contribution in [3.05, 3.63) is 60.2 Å². The Bertz CT molecular complexity index is 824. The van der Waals surface area contributed by atoms with Crippen molar-refractivity contribution >= 4 is 33.4 Å². The fraction of sp³-hybridized carbons (Fsp3) is 0.316. The second kappa shape index (κ2) is 9.64. The van der Waals surface area contributed by atoms with E-state index in [1.807, 2.05) is 42.7 Å². The van der Waals surface area contributed by atoms with Crippen LogP contribution < -0.4 is 9.62 Å². The molecular weight excluding hydrogens is 368 g/mol. The molecule has 0 aromatic heterocycles. The highest BCUT2D eigenvalue weighted by molar-refractivity contribution is 7.98. The highest BCUT2D eigenvalue weighted by Crippen LogP contribution is 2.23. The lowest BCUT2D eigenvalue weighted by atomic mass is 10.1. The van der Waals surface area contributed by atoms with Gasteiger partial charge in [-0.25, -0.2) is 8.42 Å². The van der Waals surface area contributed by atoms with Crippen LogP contribution >= 0.6 is 11.8 Å². The monoisotopic (exact) mass is 392 g/mol. The van der Waals surface area contributed by atoms with Crippen LogP contribution in [0, 0.1) is 0 Å². The van der Waals surface area contributed by atoms with Gasteiger partial charge in [-0.15, -0.1) is 11.8 Å². The number of anilines is 1. The summed E-state index contributed by atoms with van der Waals surface area (Å²) >= 11 is 1.52. The molecule has 2 aromatic carbocycles. The average molecular weight is 393 g/mol. The molecule has 0 aliphatic heterocycles. The predicted octanol–water partition coefficient (Wildman–Crippen LogP) is 2.92. The summed E-state index contributed by atoms with van der Waals surface area (Å²) in [6, 6.07) is 17.2. The van der Waals surface area contributed by atoms with Crippen LogP contribution in [0.1, 0.15) is 12.0 Å². The fourth-order valence-electron chi connectivity index (χ4n) is 2.52. The minimum absolute atomic E-state index is 0.220. The molecule has 5 nitrogen and oxygen atoms in total. The van der Waals surface area contributed by atoms with E-state index in [2.05, 4.69) is 5.32 Å². The van der Waals surface area contributed by atoms with Crippen LogP contribution in [0.2, 0.25) is 0 Å². The van der Waals surface area contributed by atoms with Crippen LogP contribution in [-0.2, 0) is 21.2 Å². The van der Waals surface area contributed by atoms with E-state index in [9.17, 15) is 13.2 Å². The third-order valence-corrected chi connectivity index (χ3v) is 5.70. The molecule has 0 aliphatic rings. The van der Waals surface area contributed by atoms with E-state index in [1.54, 1.807) is 18.2 Å². The highest BCUT2D eigenvalue weighted by atomic mass is 32.2. The molecule has 0 saturated heterocycles. The molecular formula is C19H24N2O3S2. The minimum Gasteiger partial charge on any atom is -0.355 e. The maximum Gasteiger partial charge on any atom is 0.240 e. The molecule has 0 spiro atoms. The van der Waals surface area contributed by atoms with Gasteiger partial charge in [0.2, 0.25) is 15.9 Å². The smallest absolute Gasteiger partial charge is 0.240 e. The number of nitrogens with zero attached hydrogens (tertiary/aromatic N) is 1. The average Bonchev–Trinajstić information content (AvgIpc) is 2.63. The van der Waals surface area contributed by atoms with Crippen LogP contribution in [0.15, 0.2) is 59.5 Å². The molecule has 0 unspecified atom stereocenters. The van der Waals surface area contributed by atoms with Gasteiger partial charge in [0.05, 0.1) is 11.9 Å². The van der Waals surface area contributed by atoms with Crippen molar-refractivity contribution in [1.29, 1.82) is 0 Å². The Morgan fingerprint density at radius 2 is 1.85 bits per heavy atom. The normalized spacial score (nSPS) is 11.2. The molecule has 0 heterocycles. The number of benzene rings is 2. The first-order valence-electron chi connectivity index (χ1n) is 8.32. The number of hydrogen-bond acceptors (Lipinski definition) is 4. The summed E-state index contributed by atoms with van der Waals surface area (Å²) in [4.78, 5) is 13.2. The minimum atomic E-state index is -3.55. The zero-order valence-electron chi connectivity index (χ0n) is 15.0. The lowest BCUT2D eigenvalue weighted by Gasteiger charge is -2.22. The second-order valence-corrected chi connectivity index (χ2v) is 8.70. The van der Waals surface area contributed by atoms with Gasteiger partial charge in [-0.3, -0.25) is 9.10 Å². The van der Waals surface area contributed by atoms with Gasteiger partial charge in [-0.05, 0) is 42.9 Å². The van der Waals surface area contributed by atoms with Crippen molar-refractivity contribution in [2.24, 2.45) is 0 Å². The number of nitrogens with one attached hydrogen (secondary N) is 1. The molecule has 140 valence electrons. The maximum atomic E-state index is 12.2. The third-order valence-electron chi connectivity index (χ3n) is 3.84. The molecule has 0 aliphatic carbocycles. The van der Waals surface area contributed by atoms with E-state index in [0.29, 0.717) is 12.2 Å². The fourth-order valence-corrected chi connectivity index (χ4v) is 3.82. The quantitative estimate of drug-likeness (QED) is 0.526. The van der Waals surface area contributed by atoms with Crippen LogP contribution in [0.3, 0.4) is 0 Å². The van der Waals surface area contributed by atoms with E-state index < -0.39 is 10.0 Å². The van der Waals surface area contributed by atoms with Crippen molar-refractivity contribution in [2.75, 3.05) is 29.9 Å². The summed E-state index contributed by atoms with van der Waals surface area (Å²) in [5.41, 5.74) is 1.71. The Morgan fingerprint density at radius 3 is 2.50 bits per heavy atom. The summed E-state index contributed by atoms with van der Waals surface area (Å²) in [6.07, 6.45) is 4.70. The first-order chi connectivity index (χ1) is 12.4. The molecule has 1 amide bonds. The van der Waals surface area contributed by atoms with Gasteiger partial charge in [0.15, 0.2) is 0 Å². The van der Waals surface area contributed by atoms with E-state index in [-0.39, 0.29) is 12.5 Å². The SMILES string of the molecule is CSc1cccc(N(CC(=O)NCCCc2ccccc2)S(C)(=O)=O)c1. The molecule has 2 rings (SSSR count). The molecule has 0 radical (unpaired) electrons. The van der Waals surface area contributed by atoms with Gasteiger partial charge in [-0.2, -0.15) is 0 Å². The van der Waals surface area contributed by atoms with E-state index >= 15 is 0 Å². The number of amides is 1. The van der Waals surface area contributed by atoms with Gasteiger partial charge in [0, 0.05) is 11.4 Å². The first-order valence-corrected chi connectivity index (χ1v) is 11.4. The summed E-state index contributed by atoms with van der Waals surface area (Å²) in [5.74, 6) is -0.307. The van der Waals surface area contributed by atoms with Crippen molar-refractivity contribution in [1.82, 2.24) is 5.32 Å². The Balaban J connectivity index is 1.92. The standard InChI is InChI=1S/C19H24N2O3S2/c1-25-18-12-6-11-17(14-18)21(26(2,23)24)15-19(22)20-13-7-10-16-8-4-3-5-9-16/h3-6,8-9,11-12,14H,7,10,13,15H2,1-2H3,(H,20,22). The van der Waals surface area contributed by atoms with Gasteiger partial charge >= 0.3 is 0 Å². The molecule has 0 bridgehead atoms. The second-order valence-electron chi connectivity index (χ2n) is 5.91. The highest BCUT2D eigenvalue weighted by Gasteiger charge is 2.20. The number of thioether (sulfide) groups is 1. The zero-order valence-corrected chi connectivity index (χ0v) is 16.6. The number of carbonyl (C=O) groups excluding carboxylic acids is 1. The topological polar surface area (TPSA) is 66.5 Å². The van der Waals surface area contributed by atoms with E-state index in [1.165, 1.54) is 17.3 Å². The van der Waals surface area contributed by atoms with Crippen LogP contribution in [0.25, 0.3) is 0 Å². The number of aryl methyl sites for hydroxylation is 1. The number of carbonyl (C=O) groups is 1.